The molecule has 2 N–H and O–H groups in total. The third-order valence-corrected chi connectivity index (χ3v) is 3.18. The lowest BCUT2D eigenvalue weighted by Crippen LogP contribution is -2.37. The predicted molar refractivity (Wildman–Crippen MR) is 80.9 cm³/mol. The van der Waals surface area contributed by atoms with Gasteiger partial charge in [-0.15, -0.1) is 0 Å². The van der Waals surface area contributed by atoms with Crippen LogP contribution in [0.25, 0.3) is 0 Å². The lowest BCUT2D eigenvalue weighted by molar-refractivity contribution is 0.0478. The van der Waals surface area contributed by atoms with Gasteiger partial charge in [0.2, 0.25) is 0 Å². The zero-order valence-corrected chi connectivity index (χ0v) is 13.6. The Morgan fingerprint density at radius 2 is 2.19 bits per heavy atom. The maximum atomic E-state index is 11.8. The normalized spacial score (nSPS) is 14.6. The first-order valence-electron chi connectivity index (χ1n) is 7.37. The van der Waals surface area contributed by atoms with Crippen LogP contribution in [0.1, 0.15) is 52.8 Å². The average Bonchev–Trinajstić information content (AvgIpc) is 2.81. The van der Waals surface area contributed by atoms with E-state index in [1.54, 1.807) is 33.3 Å². The van der Waals surface area contributed by atoms with E-state index in [1.165, 1.54) is 0 Å². The summed E-state index contributed by atoms with van der Waals surface area (Å²) in [4.78, 5) is 16.0. The van der Waals surface area contributed by atoms with Gasteiger partial charge in [0.05, 0.1) is 30.9 Å². The topological polar surface area (TPSA) is 76.4 Å². The number of carbonyl (C=O) groups is 1. The Bertz CT molecular complexity index is 451. The second-order valence-electron chi connectivity index (χ2n) is 6.37. The molecule has 1 aromatic rings. The van der Waals surface area contributed by atoms with Gasteiger partial charge < -0.3 is 19.7 Å². The molecule has 0 aliphatic rings. The minimum Gasteiger partial charge on any atom is -0.444 e. The van der Waals surface area contributed by atoms with Gasteiger partial charge in [-0.1, -0.05) is 20.3 Å². The van der Waals surface area contributed by atoms with Crippen molar-refractivity contribution in [3.8, 4) is 0 Å². The molecule has 0 radical (unpaired) electrons. The maximum Gasteiger partial charge on any atom is 0.408 e. The number of alkyl carbamates (subject to hydrolysis) is 1. The molecule has 6 nitrogen and oxygen atoms in total. The van der Waals surface area contributed by atoms with Crippen LogP contribution in [0.3, 0.4) is 0 Å². The predicted octanol–water partition coefficient (Wildman–Crippen LogP) is 2.49. The van der Waals surface area contributed by atoms with Crippen molar-refractivity contribution in [3.63, 3.8) is 0 Å². The Hall–Kier alpha value is -1.56. The molecule has 0 fully saturated rings. The van der Waals surface area contributed by atoms with Crippen LogP contribution in [0.15, 0.2) is 12.5 Å². The van der Waals surface area contributed by atoms with Gasteiger partial charge in [-0.25, -0.2) is 9.78 Å². The van der Waals surface area contributed by atoms with Gasteiger partial charge in [0.15, 0.2) is 0 Å². The van der Waals surface area contributed by atoms with Crippen molar-refractivity contribution in [3.05, 3.63) is 18.2 Å². The Morgan fingerprint density at radius 1 is 1.52 bits per heavy atom. The maximum absolute atomic E-state index is 11.8. The molecule has 0 spiro atoms. The van der Waals surface area contributed by atoms with E-state index in [-0.39, 0.29) is 6.61 Å². The Morgan fingerprint density at radius 3 is 2.71 bits per heavy atom. The second-order valence-corrected chi connectivity index (χ2v) is 6.37. The number of aliphatic hydroxyl groups excluding tert-OH is 1. The first kappa shape index (κ1) is 17.5. The number of hydrogen-bond donors (Lipinski definition) is 2. The Balaban J connectivity index is 2.77. The van der Waals surface area contributed by atoms with Crippen molar-refractivity contribution in [2.24, 2.45) is 5.92 Å². The van der Waals surface area contributed by atoms with Crippen molar-refractivity contribution < 1.29 is 14.6 Å². The molecule has 1 rings (SSSR count). The van der Waals surface area contributed by atoms with Crippen LogP contribution in [0, 0.1) is 5.92 Å². The minimum atomic E-state index is -0.568. The van der Waals surface area contributed by atoms with E-state index in [9.17, 15) is 9.90 Å². The number of ether oxygens (including phenoxy) is 1. The zero-order valence-electron chi connectivity index (χ0n) is 13.6. The van der Waals surface area contributed by atoms with Gasteiger partial charge in [0.25, 0.3) is 0 Å². The molecular weight excluding hydrogens is 270 g/mol. The number of aliphatic hydroxyl groups is 1. The van der Waals surface area contributed by atoms with Crippen molar-refractivity contribution in [2.45, 2.75) is 59.2 Å². The van der Waals surface area contributed by atoms with Crippen molar-refractivity contribution >= 4 is 6.09 Å². The van der Waals surface area contributed by atoms with Crippen molar-refractivity contribution in [1.82, 2.24) is 14.9 Å². The van der Waals surface area contributed by atoms with Gasteiger partial charge in [-0.3, -0.25) is 0 Å². The summed E-state index contributed by atoms with van der Waals surface area (Å²) in [6, 6.07) is -0.522. The number of amides is 1. The number of rotatable bonds is 6. The average molecular weight is 297 g/mol. The van der Waals surface area contributed by atoms with Crippen molar-refractivity contribution in [2.75, 3.05) is 6.61 Å². The van der Waals surface area contributed by atoms with Crippen LogP contribution < -0.4 is 5.32 Å². The minimum absolute atomic E-state index is 0.203. The van der Waals surface area contributed by atoms with E-state index in [4.69, 9.17) is 4.74 Å². The molecule has 21 heavy (non-hydrogen) atoms. The third-order valence-electron chi connectivity index (χ3n) is 3.18. The summed E-state index contributed by atoms with van der Waals surface area (Å²) >= 11 is 0. The summed E-state index contributed by atoms with van der Waals surface area (Å²) in [5.41, 5.74) is 0.213. The molecule has 6 heteroatoms. The Kier molecular flexibility index (Phi) is 6.20. The first-order chi connectivity index (χ1) is 9.76. The SMILES string of the molecule is CCC(C)Cn1cncc1C(CO)NC(=O)OC(C)(C)C. The molecule has 0 aliphatic carbocycles. The standard InChI is InChI=1S/C15H27N3O3/c1-6-11(2)8-18-10-16-7-13(18)12(9-19)17-14(20)21-15(3,4)5/h7,10-12,19H,6,8-9H2,1-5H3,(H,17,20). The molecule has 0 bridgehead atoms. The quantitative estimate of drug-likeness (QED) is 0.845. The van der Waals surface area contributed by atoms with E-state index in [2.05, 4.69) is 24.1 Å². The molecule has 0 saturated heterocycles. The lowest BCUT2D eigenvalue weighted by atomic mass is 10.1. The number of carbonyl (C=O) groups excluding carboxylic acids is 1. The molecule has 0 saturated carbocycles. The summed E-state index contributed by atoms with van der Waals surface area (Å²) in [5, 5.41) is 12.2. The van der Waals surface area contributed by atoms with Gasteiger partial charge in [0.1, 0.15) is 5.60 Å². The number of nitrogens with one attached hydrogen (secondary N) is 1. The molecule has 2 unspecified atom stereocenters. The monoisotopic (exact) mass is 297 g/mol. The largest absolute Gasteiger partial charge is 0.444 e. The summed E-state index contributed by atoms with van der Waals surface area (Å²) in [5.74, 6) is 0.499. The fourth-order valence-corrected chi connectivity index (χ4v) is 1.90. The van der Waals surface area contributed by atoms with E-state index in [0.717, 1.165) is 18.7 Å². The summed E-state index contributed by atoms with van der Waals surface area (Å²) in [7, 11) is 0. The number of hydrogen-bond acceptors (Lipinski definition) is 4. The fraction of sp³-hybridized carbons (Fsp3) is 0.733. The van der Waals surface area contributed by atoms with Gasteiger partial charge >= 0.3 is 6.09 Å². The molecule has 120 valence electrons. The van der Waals surface area contributed by atoms with Crippen LogP contribution in [-0.2, 0) is 11.3 Å². The molecule has 0 aromatic carbocycles. The van der Waals surface area contributed by atoms with Gasteiger partial charge in [0, 0.05) is 6.54 Å². The van der Waals surface area contributed by atoms with Crippen LogP contribution in [0.2, 0.25) is 0 Å². The van der Waals surface area contributed by atoms with Crippen LogP contribution in [-0.4, -0.2) is 33.0 Å². The van der Waals surface area contributed by atoms with Crippen LogP contribution in [0.5, 0.6) is 0 Å². The molecule has 1 amide bonds. The number of nitrogens with zero attached hydrogens (tertiary/aromatic N) is 2. The van der Waals surface area contributed by atoms with E-state index >= 15 is 0 Å². The van der Waals surface area contributed by atoms with Gasteiger partial charge in [-0.05, 0) is 26.7 Å². The van der Waals surface area contributed by atoms with Crippen LogP contribution in [0.4, 0.5) is 4.79 Å². The van der Waals surface area contributed by atoms with E-state index in [1.807, 2.05) is 4.57 Å². The molecule has 1 heterocycles. The first-order valence-corrected chi connectivity index (χ1v) is 7.37. The highest BCUT2D eigenvalue weighted by Crippen LogP contribution is 2.16. The highest BCUT2D eigenvalue weighted by Gasteiger charge is 2.22. The van der Waals surface area contributed by atoms with E-state index < -0.39 is 17.7 Å². The zero-order chi connectivity index (χ0) is 16.0. The Labute approximate surface area is 126 Å². The molecular formula is C15H27N3O3. The second kappa shape index (κ2) is 7.45. The van der Waals surface area contributed by atoms with Crippen LogP contribution >= 0.6 is 0 Å². The molecule has 1 aromatic heterocycles. The summed E-state index contributed by atoms with van der Waals surface area (Å²) in [6.45, 7) is 10.3. The summed E-state index contributed by atoms with van der Waals surface area (Å²) in [6.07, 6.45) is 3.90. The lowest BCUT2D eigenvalue weighted by Gasteiger charge is -2.23. The fourth-order valence-electron chi connectivity index (χ4n) is 1.90. The number of aromatic nitrogens is 2. The highest BCUT2D eigenvalue weighted by atomic mass is 16.6. The highest BCUT2D eigenvalue weighted by molar-refractivity contribution is 5.68. The van der Waals surface area contributed by atoms with Gasteiger partial charge in [-0.2, -0.15) is 0 Å². The summed E-state index contributed by atoms with van der Waals surface area (Å²) < 4.78 is 7.18. The molecule has 0 aliphatic heterocycles. The smallest absolute Gasteiger partial charge is 0.408 e. The van der Waals surface area contributed by atoms with E-state index in [0.29, 0.717) is 5.92 Å². The number of imidazole rings is 1. The third kappa shape index (κ3) is 5.75. The van der Waals surface area contributed by atoms with Crippen molar-refractivity contribution in [1.29, 1.82) is 0 Å². The molecule has 2 atom stereocenters.